The molecule has 198 valence electrons. The molecule has 0 bridgehead atoms. The average Bonchev–Trinajstić information content (AvgIpc) is 3.60. The number of nitrogens with two attached hydrogens (primary N) is 1. The number of carbonyl (C=O) groups is 2. The van der Waals surface area contributed by atoms with Crippen LogP contribution in [0.4, 0.5) is 31.9 Å². The fraction of sp³-hybridized carbons (Fsp3) is 0.250. The highest BCUT2D eigenvalue weighted by molar-refractivity contribution is 6.36. The third-order valence-corrected chi connectivity index (χ3v) is 7.40. The highest BCUT2D eigenvalue weighted by Gasteiger charge is 2.57. The van der Waals surface area contributed by atoms with Crippen molar-refractivity contribution in [2.24, 2.45) is 16.1 Å². The van der Waals surface area contributed by atoms with E-state index in [0.717, 1.165) is 21.9 Å². The van der Waals surface area contributed by atoms with Gasteiger partial charge in [-0.15, -0.1) is 0 Å². The van der Waals surface area contributed by atoms with Gasteiger partial charge in [-0.3, -0.25) is 19.5 Å². The molecule has 2 aromatic carbocycles. The number of amides is 2. The SMILES string of the molecule is CNc1ncc2c(n1)N1CCN=C1C(c1cc(N(C(=O)C3(C(N)=O)CC3)c3ccc(F)cc3)c(F)cc1C)=C2. The van der Waals surface area contributed by atoms with Crippen molar-refractivity contribution in [3.63, 3.8) is 0 Å². The monoisotopic (exact) mass is 529 g/mol. The van der Waals surface area contributed by atoms with E-state index in [1.807, 2.05) is 11.0 Å². The van der Waals surface area contributed by atoms with Crippen molar-refractivity contribution in [2.45, 2.75) is 19.8 Å². The Morgan fingerprint density at radius 2 is 1.90 bits per heavy atom. The number of carbonyl (C=O) groups excluding carboxylic acids is 2. The lowest BCUT2D eigenvalue weighted by atomic mass is 9.93. The Morgan fingerprint density at radius 3 is 2.56 bits per heavy atom. The van der Waals surface area contributed by atoms with E-state index in [-0.39, 0.29) is 24.2 Å². The molecule has 0 unspecified atom stereocenters. The summed E-state index contributed by atoms with van der Waals surface area (Å²) in [5.74, 6) is -0.718. The van der Waals surface area contributed by atoms with Crippen molar-refractivity contribution < 1.29 is 18.4 Å². The van der Waals surface area contributed by atoms with Gasteiger partial charge in [0.2, 0.25) is 17.8 Å². The van der Waals surface area contributed by atoms with Crippen LogP contribution in [0, 0.1) is 24.0 Å². The predicted octanol–water partition coefficient (Wildman–Crippen LogP) is 3.81. The summed E-state index contributed by atoms with van der Waals surface area (Å²) in [5, 5.41) is 2.94. The van der Waals surface area contributed by atoms with Gasteiger partial charge < -0.3 is 16.0 Å². The molecule has 1 aromatic heterocycles. The molecule has 1 fully saturated rings. The van der Waals surface area contributed by atoms with E-state index in [2.05, 4.69) is 15.3 Å². The molecule has 39 heavy (non-hydrogen) atoms. The maximum Gasteiger partial charge on any atom is 0.247 e. The van der Waals surface area contributed by atoms with Crippen LogP contribution in [-0.2, 0) is 9.59 Å². The highest BCUT2D eigenvalue weighted by atomic mass is 19.1. The molecule has 0 saturated heterocycles. The second kappa shape index (κ2) is 8.97. The van der Waals surface area contributed by atoms with E-state index in [9.17, 15) is 14.0 Å². The van der Waals surface area contributed by atoms with E-state index < -0.39 is 28.9 Å². The molecule has 2 amide bonds. The van der Waals surface area contributed by atoms with E-state index in [1.165, 1.54) is 30.3 Å². The first-order valence-corrected chi connectivity index (χ1v) is 12.5. The Balaban J connectivity index is 1.52. The number of benzene rings is 2. The summed E-state index contributed by atoms with van der Waals surface area (Å²) in [4.78, 5) is 42.8. The number of primary amides is 1. The summed E-state index contributed by atoms with van der Waals surface area (Å²) in [6, 6.07) is 8.02. The maximum absolute atomic E-state index is 15.7. The van der Waals surface area contributed by atoms with Gasteiger partial charge in [-0.25, -0.2) is 13.8 Å². The molecule has 0 atom stereocenters. The molecule has 1 aliphatic carbocycles. The third-order valence-electron chi connectivity index (χ3n) is 7.40. The zero-order chi connectivity index (χ0) is 27.5. The van der Waals surface area contributed by atoms with Crippen molar-refractivity contribution in [3.05, 3.63) is 70.9 Å². The molecule has 6 rings (SSSR count). The number of rotatable bonds is 6. The molecule has 3 N–H and O–H groups in total. The van der Waals surface area contributed by atoms with Crippen LogP contribution in [0.2, 0.25) is 0 Å². The number of fused-ring (bicyclic) bond motifs is 3. The Labute approximate surface area is 223 Å². The molecule has 3 aliphatic rings. The van der Waals surface area contributed by atoms with Crippen LogP contribution in [0.1, 0.15) is 29.5 Å². The zero-order valence-electron chi connectivity index (χ0n) is 21.3. The first-order valence-electron chi connectivity index (χ1n) is 12.5. The van der Waals surface area contributed by atoms with Gasteiger partial charge in [-0.1, -0.05) is 0 Å². The minimum atomic E-state index is -1.43. The van der Waals surface area contributed by atoms with E-state index in [4.69, 9.17) is 10.7 Å². The topological polar surface area (TPSA) is 117 Å². The van der Waals surface area contributed by atoms with Crippen LogP contribution in [0.5, 0.6) is 0 Å². The fourth-order valence-electron chi connectivity index (χ4n) is 5.11. The van der Waals surface area contributed by atoms with Gasteiger partial charge in [0.25, 0.3) is 0 Å². The summed E-state index contributed by atoms with van der Waals surface area (Å²) < 4.78 is 29.5. The van der Waals surface area contributed by atoms with Gasteiger partial charge in [-0.05, 0) is 73.4 Å². The van der Waals surface area contributed by atoms with Gasteiger partial charge in [0.05, 0.1) is 12.2 Å². The van der Waals surface area contributed by atoms with Gasteiger partial charge in [-0.2, -0.15) is 4.98 Å². The van der Waals surface area contributed by atoms with Crippen molar-refractivity contribution >= 4 is 52.4 Å². The number of anilines is 4. The molecular formula is C28H25F2N7O2. The molecule has 9 nitrogen and oxygen atoms in total. The number of aliphatic imine (C=N–C) groups is 1. The number of halogens is 2. The van der Waals surface area contributed by atoms with Crippen LogP contribution in [0.25, 0.3) is 11.6 Å². The lowest BCUT2D eigenvalue weighted by Gasteiger charge is -2.30. The van der Waals surface area contributed by atoms with Crippen molar-refractivity contribution in [3.8, 4) is 0 Å². The molecule has 1 saturated carbocycles. The van der Waals surface area contributed by atoms with E-state index in [0.29, 0.717) is 36.0 Å². The Hall–Kier alpha value is -4.67. The number of nitrogens with zero attached hydrogens (tertiary/aromatic N) is 5. The first-order chi connectivity index (χ1) is 18.7. The number of aryl methyl sites for hydroxylation is 1. The number of hydrogen-bond acceptors (Lipinski definition) is 7. The van der Waals surface area contributed by atoms with Crippen LogP contribution >= 0.6 is 0 Å². The highest BCUT2D eigenvalue weighted by Crippen LogP contribution is 2.49. The maximum atomic E-state index is 15.7. The molecule has 3 aromatic rings. The molecule has 0 spiro atoms. The smallest absolute Gasteiger partial charge is 0.247 e. The van der Waals surface area contributed by atoms with E-state index in [1.54, 1.807) is 26.2 Å². The standard InChI is InChI=1S/C28H25F2N7O2/c1-15-11-21(30)22(37(18-5-3-17(29)4-6-18)26(39)28(7-8-28)25(31)38)13-19(15)20-12-16-14-34-27(32-2)35-23(16)36-10-9-33-24(20)36/h3-6,11-14H,7-10H2,1-2H3,(H2,31,38)(H,32,34,35). The summed E-state index contributed by atoms with van der Waals surface area (Å²) >= 11 is 0. The minimum Gasteiger partial charge on any atom is -0.369 e. The second-order valence-electron chi connectivity index (χ2n) is 9.82. The van der Waals surface area contributed by atoms with Gasteiger partial charge in [0.15, 0.2) is 0 Å². The van der Waals surface area contributed by atoms with Crippen LogP contribution in [-0.4, -0.2) is 47.8 Å². The summed E-state index contributed by atoms with van der Waals surface area (Å²) in [7, 11) is 1.74. The number of aromatic nitrogens is 2. The number of nitrogens with one attached hydrogen (secondary N) is 1. The quantitative estimate of drug-likeness (QED) is 0.469. The summed E-state index contributed by atoms with van der Waals surface area (Å²) in [6.07, 6.45) is 4.14. The number of hydrogen-bond donors (Lipinski definition) is 2. The summed E-state index contributed by atoms with van der Waals surface area (Å²) in [6.45, 7) is 2.95. The lowest BCUT2D eigenvalue weighted by molar-refractivity contribution is -0.133. The zero-order valence-corrected chi connectivity index (χ0v) is 21.3. The predicted molar refractivity (Wildman–Crippen MR) is 145 cm³/mol. The van der Waals surface area contributed by atoms with Gasteiger partial charge in [0.1, 0.15) is 28.7 Å². The molecule has 3 heterocycles. The molecular weight excluding hydrogens is 504 g/mol. The minimum absolute atomic E-state index is 0.0710. The lowest BCUT2D eigenvalue weighted by Crippen LogP contribution is -2.41. The second-order valence-corrected chi connectivity index (χ2v) is 9.82. The first kappa shape index (κ1) is 24.7. The van der Waals surface area contributed by atoms with Gasteiger partial charge in [0, 0.05) is 36.6 Å². The van der Waals surface area contributed by atoms with E-state index >= 15 is 4.39 Å². The Morgan fingerprint density at radius 1 is 1.15 bits per heavy atom. The normalized spacial score (nSPS) is 16.6. The van der Waals surface area contributed by atoms with Crippen molar-refractivity contribution in [1.29, 1.82) is 0 Å². The largest absolute Gasteiger partial charge is 0.369 e. The number of amidine groups is 1. The Kier molecular flexibility index (Phi) is 5.67. The van der Waals surface area contributed by atoms with Crippen molar-refractivity contribution in [2.75, 3.05) is 35.3 Å². The summed E-state index contributed by atoms with van der Waals surface area (Å²) in [5.41, 5.74) is 7.08. The average molecular weight is 530 g/mol. The Bertz CT molecular complexity index is 1600. The van der Waals surface area contributed by atoms with Crippen LogP contribution in [0.15, 0.2) is 47.6 Å². The van der Waals surface area contributed by atoms with Crippen LogP contribution < -0.4 is 20.9 Å². The molecule has 2 aliphatic heterocycles. The third kappa shape index (κ3) is 3.92. The fourth-order valence-corrected chi connectivity index (χ4v) is 5.11. The van der Waals surface area contributed by atoms with Crippen LogP contribution in [0.3, 0.4) is 0 Å². The molecule has 0 radical (unpaired) electrons. The van der Waals surface area contributed by atoms with Gasteiger partial charge >= 0.3 is 0 Å². The van der Waals surface area contributed by atoms with Crippen molar-refractivity contribution in [1.82, 2.24) is 9.97 Å². The molecule has 11 heteroatoms.